The molecule has 2 N–H and O–H groups in total. The molecule has 0 aromatic carbocycles. The quantitative estimate of drug-likeness (QED) is 0.776. The van der Waals surface area contributed by atoms with E-state index < -0.39 is 0 Å². The van der Waals surface area contributed by atoms with E-state index in [2.05, 4.69) is 32.9 Å². The molecular formula is C14H20N2S. The van der Waals surface area contributed by atoms with E-state index in [1.165, 1.54) is 5.56 Å². The SMILES string of the molecule is CC(C)(C)c1ccc2c(n1)C(C(N)=S)CCC2. The van der Waals surface area contributed by atoms with Crippen molar-refractivity contribution in [2.75, 3.05) is 0 Å². The predicted octanol–water partition coefficient (Wildman–Crippen LogP) is 3.09. The van der Waals surface area contributed by atoms with Crippen molar-refractivity contribution in [3.05, 3.63) is 29.1 Å². The maximum absolute atomic E-state index is 5.83. The molecule has 0 fully saturated rings. The number of pyridine rings is 1. The van der Waals surface area contributed by atoms with E-state index in [0.29, 0.717) is 4.99 Å². The molecule has 17 heavy (non-hydrogen) atoms. The summed E-state index contributed by atoms with van der Waals surface area (Å²) in [7, 11) is 0. The highest BCUT2D eigenvalue weighted by Gasteiger charge is 2.26. The zero-order valence-electron chi connectivity index (χ0n) is 10.8. The first-order chi connectivity index (χ1) is 7.89. The Morgan fingerprint density at radius 2 is 2.12 bits per heavy atom. The molecule has 0 spiro atoms. The van der Waals surface area contributed by atoms with Crippen LogP contribution in [0.1, 0.15) is 56.5 Å². The lowest BCUT2D eigenvalue weighted by atomic mass is 9.84. The highest BCUT2D eigenvalue weighted by Crippen LogP contribution is 2.32. The van der Waals surface area contributed by atoms with Gasteiger partial charge in [0.25, 0.3) is 0 Å². The fourth-order valence-electron chi connectivity index (χ4n) is 2.34. The Labute approximate surface area is 109 Å². The van der Waals surface area contributed by atoms with Gasteiger partial charge in [0.2, 0.25) is 0 Å². The van der Waals surface area contributed by atoms with E-state index in [1.54, 1.807) is 0 Å². The van der Waals surface area contributed by atoms with Crippen LogP contribution in [0, 0.1) is 0 Å². The summed E-state index contributed by atoms with van der Waals surface area (Å²) in [5, 5.41) is 0. The summed E-state index contributed by atoms with van der Waals surface area (Å²) < 4.78 is 0. The van der Waals surface area contributed by atoms with Crippen LogP contribution in [-0.2, 0) is 11.8 Å². The van der Waals surface area contributed by atoms with Crippen molar-refractivity contribution in [2.24, 2.45) is 5.73 Å². The number of rotatable bonds is 1. The molecule has 0 bridgehead atoms. The maximum Gasteiger partial charge on any atom is 0.0819 e. The van der Waals surface area contributed by atoms with Crippen molar-refractivity contribution in [2.45, 2.75) is 51.4 Å². The largest absolute Gasteiger partial charge is 0.393 e. The van der Waals surface area contributed by atoms with E-state index in [9.17, 15) is 0 Å². The summed E-state index contributed by atoms with van der Waals surface area (Å²) in [6.45, 7) is 6.54. The van der Waals surface area contributed by atoms with E-state index >= 15 is 0 Å². The lowest BCUT2D eigenvalue weighted by Gasteiger charge is -2.26. The normalized spacial score (nSPS) is 19.8. The highest BCUT2D eigenvalue weighted by atomic mass is 32.1. The van der Waals surface area contributed by atoms with Gasteiger partial charge in [-0.2, -0.15) is 0 Å². The first-order valence-electron chi connectivity index (χ1n) is 6.19. The second kappa shape index (κ2) is 4.37. The Morgan fingerprint density at radius 1 is 1.41 bits per heavy atom. The lowest BCUT2D eigenvalue weighted by molar-refractivity contribution is 0.552. The second-order valence-corrected chi connectivity index (χ2v) is 6.31. The van der Waals surface area contributed by atoms with Crippen molar-refractivity contribution in [3.63, 3.8) is 0 Å². The summed E-state index contributed by atoms with van der Waals surface area (Å²) >= 11 is 5.17. The van der Waals surface area contributed by atoms with Gasteiger partial charge in [-0.05, 0) is 30.9 Å². The van der Waals surface area contributed by atoms with Crippen LogP contribution >= 0.6 is 12.2 Å². The first-order valence-corrected chi connectivity index (χ1v) is 6.60. The van der Waals surface area contributed by atoms with Crippen LogP contribution in [0.15, 0.2) is 12.1 Å². The van der Waals surface area contributed by atoms with E-state index in [-0.39, 0.29) is 11.3 Å². The van der Waals surface area contributed by atoms with Crippen molar-refractivity contribution in [1.29, 1.82) is 0 Å². The molecule has 1 aliphatic carbocycles. The second-order valence-electron chi connectivity index (χ2n) is 5.84. The van der Waals surface area contributed by atoms with Crippen LogP contribution in [0.25, 0.3) is 0 Å². The maximum atomic E-state index is 5.83. The lowest BCUT2D eigenvalue weighted by Crippen LogP contribution is -2.26. The Bertz CT molecular complexity index is 446. The Balaban J connectivity index is 2.48. The molecule has 92 valence electrons. The third-order valence-electron chi connectivity index (χ3n) is 3.39. The van der Waals surface area contributed by atoms with Gasteiger partial charge < -0.3 is 5.73 Å². The van der Waals surface area contributed by atoms with Gasteiger partial charge >= 0.3 is 0 Å². The molecule has 3 heteroatoms. The standard InChI is InChI=1S/C14H20N2S/c1-14(2,3)11-8-7-9-5-4-6-10(13(15)17)12(9)16-11/h7-8,10H,4-6H2,1-3H3,(H2,15,17). The minimum atomic E-state index is 0.0766. The fraction of sp³-hybridized carbons (Fsp3) is 0.571. The molecule has 1 atom stereocenters. The van der Waals surface area contributed by atoms with Gasteiger partial charge in [0.1, 0.15) is 0 Å². The predicted molar refractivity (Wildman–Crippen MR) is 75.4 cm³/mol. The van der Waals surface area contributed by atoms with Crippen LogP contribution < -0.4 is 5.73 Å². The number of nitrogens with two attached hydrogens (primary N) is 1. The molecule has 0 saturated heterocycles. The number of aromatic nitrogens is 1. The Kier molecular flexibility index (Phi) is 3.21. The molecule has 0 amide bonds. The average Bonchev–Trinajstić information content (AvgIpc) is 2.26. The molecule has 0 radical (unpaired) electrons. The van der Waals surface area contributed by atoms with Crippen LogP contribution in [0.2, 0.25) is 0 Å². The van der Waals surface area contributed by atoms with Gasteiger partial charge in [-0.3, -0.25) is 4.98 Å². The minimum absolute atomic E-state index is 0.0766. The van der Waals surface area contributed by atoms with Gasteiger partial charge in [0.15, 0.2) is 0 Å². The summed E-state index contributed by atoms with van der Waals surface area (Å²) in [6, 6.07) is 4.34. The molecule has 0 saturated carbocycles. The molecule has 1 heterocycles. The van der Waals surface area contributed by atoms with E-state index in [1.807, 2.05) is 0 Å². The molecule has 2 rings (SSSR count). The zero-order chi connectivity index (χ0) is 12.6. The molecule has 0 aliphatic heterocycles. The molecule has 1 aliphatic rings. The average molecular weight is 248 g/mol. The third kappa shape index (κ3) is 2.49. The molecule has 2 nitrogen and oxygen atoms in total. The van der Waals surface area contributed by atoms with Crippen molar-refractivity contribution in [1.82, 2.24) is 4.98 Å². The van der Waals surface area contributed by atoms with Gasteiger partial charge in [0.05, 0.1) is 16.6 Å². The number of hydrogen-bond acceptors (Lipinski definition) is 2. The number of nitrogens with zero attached hydrogens (tertiary/aromatic N) is 1. The highest BCUT2D eigenvalue weighted by molar-refractivity contribution is 7.80. The number of thiocarbonyl (C=S) groups is 1. The van der Waals surface area contributed by atoms with E-state index in [0.717, 1.165) is 30.7 Å². The summed E-state index contributed by atoms with van der Waals surface area (Å²) in [5.74, 6) is 0.177. The summed E-state index contributed by atoms with van der Waals surface area (Å²) in [6.07, 6.45) is 3.31. The number of fused-ring (bicyclic) bond motifs is 1. The van der Waals surface area contributed by atoms with Crippen LogP contribution in [0.3, 0.4) is 0 Å². The van der Waals surface area contributed by atoms with Crippen LogP contribution in [-0.4, -0.2) is 9.97 Å². The minimum Gasteiger partial charge on any atom is -0.393 e. The zero-order valence-corrected chi connectivity index (χ0v) is 11.6. The van der Waals surface area contributed by atoms with Gasteiger partial charge in [-0.15, -0.1) is 0 Å². The van der Waals surface area contributed by atoms with Gasteiger partial charge in [0, 0.05) is 11.1 Å². The number of hydrogen-bond donors (Lipinski definition) is 1. The monoisotopic (exact) mass is 248 g/mol. The topological polar surface area (TPSA) is 38.9 Å². The van der Waals surface area contributed by atoms with Crippen molar-refractivity contribution in [3.8, 4) is 0 Å². The number of aryl methyl sites for hydroxylation is 1. The molecular weight excluding hydrogens is 228 g/mol. The third-order valence-corrected chi connectivity index (χ3v) is 3.68. The first kappa shape index (κ1) is 12.5. The Morgan fingerprint density at radius 3 is 2.71 bits per heavy atom. The van der Waals surface area contributed by atoms with Crippen LogP contribution in [0.4, 0.5) is 0 Å². The Hall–Kier alpha value is -0.960. The van der Waals surface area contributed by atoms with Crippen molar-refractivity contribution >= 4 is 17.2 Å². The van der Waals surface area contributed by atoms with Gasteiger partial charge in [-0.25, -0.2) is 0 Å². The van der Waals surface area contributed by atoms with Crippen molar-refractivity contribution < 1.29 is 0 Å². The van der Waals surface area contributed by atoms with Crippen LogP contribution in [0.5, 0.6) is 0 Å². The summed E-state index contributed by atoms with van der Waals surface area (Å²) in [5.41, 5.74) is 9.48. The summed E-state index contributed by atoms with van der Waals surface area (Å²) in [4.78, 5) is 5.41. The fourth-order valence-corrected chi connectivity index (χ4v) is 2.57. The smallest absolute Gasteiger partial charge is 0.0819 e. The molecule has 1 aromatic rings. The molecule has 1 aromatic heterocycles. The molecule has 1 unspecified atom stereocenters. The van der Waals surface area contributed by atoms with Gasteiger partial charge in [-0.1, -0.05) is 39.1 Å². The van der Waals surface area contributed by atoms with E-state index in [4.69, 9.17) is 22.9 Å².